The molecule has 2 fully saturated rings. The van der Waals surface area contributed by atoms with Crippen molar-refractivity contribution in [2.75, 3.05) is 26.2 Å². The molecule has 2 heteroatoms. The van der Waals surface area contributed by atoms with E-state index in [2.05, 4.69) is 47.5 Å². The van der Waals surface area contributed by atoms with E-state index in [-0.39, 0.29) is 0 Å². The van der Waals surface area contributed by atoms with Crippen LogP contribution >= 0.6 is 0 Å². The van der Waals surface area contributed by atoms with Gasteiger partial charge in [0.15, 0.2) is 0 Å². The molecule has 0 radical (unpaired) electrons. The highest BCUT2D eigenvalue weighted by Gasteiger charge is 2.30. The molecule has 3 rings (SSSR count). The maximum atomic E-state index is 3.76. The standard InChI is InChI=1S/C19H30N2/c1-2-12-20-19(18-6-4-3-5-7-18)15-21(13-16-8-9-16)14-17-10-11-17/h3-7,16-17,19-20H,2,8-15H2,1H3. The normalized spacial score (nSPS) is 19.9. The molecule has 0 aliphatic heterocycles. The number of hydrogen-bond donors (Lipinski definition) is 1. The second-order valence-electron chi connectivity index (χ2n) is 7.02. The SMILES string of the molecule is CCCNC(CN(CC1CC1)CC1CC1)c1ccccc1. The van der Waals surface area contributed by atoms with Gasteiger partial charge in [0.05, 0.1) is 0 Å². The zero-order chi connectivity index (χ0) is 14.5. The third-order valence-corrected chi connectivity index (χ3v) is 4.71. The van der Waals surface area contributed by atoms with E-state index in [9.17, 15) is 0 Å². The van der Waals surface area contributed by atoms with E-state index in [0.29, 0.717) is 6.04 Å². The second-order valence-corrected chi connectivity index (χ2v) is 7.02. The van der Waals surface area contributed by atoms with Gasteiger partial charge in [-0.15, -0.1) is 0 Å². The quantitative estimate of drug-likeness (QED) is 0.703. The van der Waals surface area contributed by atoms with Crippen molar-refractivity contribution in [3.05, 3.63) is 35.9 Å². The van der Waals surface area contributed by atoms with Crippen LogP contribution in [0.15, 0.2) is 30.3 Å². The van der Waals surface area contributed by atoms with Gasteiger partial charge in [-0.05, 0) is 56.0 Å². The molecule has 1 N–H and O–H groups in total. The van der Waals surface area contributed by atoms with Crippen LogP contribution in [0.3, 0.4) is 0 Å². The van der Waals surface area contributed by atoms with Gasteiger partial charge < -0.3 is 10.2 Å². The molecule has 1 unspecified atom stereocenters. The van der Waals surface area contributed by atoms with E-state index < -0.39 is 0 Å². The van der Waals surface area contributed by atoms with Crippen LogP contribution in [0.2, 0.25) is 0 Å². The van der Waals surface area contributed by atoms with Crippen molar-refractivity contribution < 1.29 is 0 Å². The van der Waals surface area contributed by atoms with Crippen LogP contribution in [0, 0.1) is 11.8 Å². The molecule has 0 heterocycles. The molecule has 1 aromatic carbocycles. The molecule has 1 aromatic rings. The molecule has 2 aliphatic rings. The fraction of sp³-hybridized carbons (Fsp3) is 0.684. The largest absolute Gasteiger partial charge is 0.309 e. The van der Waals surface area contributed by atoms with Crippen molar-refractivity contribution in [1.29, 1.82) is 0 Å². The highest BCUT2D eigenvalue weighted by molar-refractivity contribution is 5.19. The van der Waals surface area contributed by atoms with Crippen molar-refractivity contribution in [3.63, 3.8) is 0 Å². The summed E-state index contributed by atoms with van der Waals surface area (Å²) in [5, 5.41) is 3.76. The first kappa shape index (κ1) is 15.1. The fourth-order valence-electron chi connectivity index (χ4n) is 3.10. The Bertz CT molecular complexity index is 395. The predicted molar refractivity (Wildman–Crippen MR) is 89.4 cm³/mol. The molecule has 0 saturated heterocycles. The lowest BCUT2D eigenvalue weighted by Crippen LogP contribution is -2.38. The van der Waals surface area contributed by atoms with Crippen molar-refractivity contribution in [2.45, 2.75) is 45.1 Å². The van der Waals surface area contributed by atoms with Crippen molar-refractivity contribution in [2.24, 2.45) is 11.8 Å². The molecule has 2 aliphatic carbocycles. The molecule has 21 heavy (non-hydrogen) atoms. The smallest absolute Gasteiger partial charge is 0.0449 e. The molecule has 1 atom stereocenters. The zero-order valence-corrected chi connectivity index (χ0v) is 13.4. The van der Waals surface area contributed by atoms with Gasteiger partial charge >= 0.3 is 0 Å². The van der Waals surface area contributed by atoms with Gasteiger partial charge in [0.2, 0.25) is 0 Å². The predicted octanol–water partition coefficient (Wildman–Crippen LogP) is 3.85. The average molecular weight is 286 g/mol. The Hall–Kier alpha value is -0.860. The van der Waals surface area contributed by atoms with Crippen molar-refractivity contribution in [3.8, 4) is 0 Å². The molecular weight excluding hydrogens is 256 g/mol. The summed E-state index contributed by atoms with van der Waals surface area (Å²) < 4.78 is 0. The fourth-order valence-corrected chi connectivity index (χ4v) is 3.10. The summed E-state index contributed by atoms with van der Waals surface area (Å²) in [7, 11) is 0. The van der Waals surface area contributed by atoms with Crippen LogP contribution in [-0.2, 0) is 0 Å². The van der Waals surface area contributed by atoms with Gasteiger partial charge in [0, 0.05) is 25.7 Å². The van der Waals surface area contributed by atoms with Crippen LogP contribution in [0.5, 0.6) is 0 Å². The molecule has 0 spiro atoms. The molecule has 2 saturated carbocycles. The Balaban J connectivity index is 1.61. The molecule has 2 nitrogen and oxygen atoms in total. The Morgan fingerprint density at radius 1 is 1.05 bits per heavy atom. The van der Waals surface area contributed by atoms with E-state index in [1.807, 2.05) is 0 Å². The summed E-state index contributed by atoms with van der Waals surface area (Å²) in [5.41, 5.74) is 1.45. The van der Waals surface area contributed by atoms with Crippen LogP contribution < -0.4 is 5.32 Å². The van der Waals surface area contributed by atoms with Gasteiger partial charge in [0.1, 0.15) is 0 Å². The van der Waals surface area contributed by atoms with E-state index in [1.165, 1.54) is 57.3 Å². The van der Waals surface area contributed by atoms with Crippen LogP contribution in [-0.4, -0.2) is 31.1 Å². The number of nitrogens with zero attached hydrogens (tertiary/aromatic N) is 1. The number of rotatable bonds is 10. The monoisotopic (exact) mass is 286 g/mol. The van der Waals surface area contributed by atoms with Gasteiger partial charge in [-0.25, -0.2) is 0 Å². The van der Waals surface area contributed by atoms with E-state index >= 15 is 0 Å². The van der Waals surface area contributed by atoms with E-state index in [0.717, 1.165) is 18.4 Å². The van der Waals surface area contributed by atoms with Crippen molar-refractivity contribution in [1.82, 2.24) is 10.2 Å². The second kappa shape index (κ2) is 7.42. The Kier molecular flexibility index (Phi) is 5.32. The summed E-state index contributed by atoms with van der Waals surface area (Å²) in [4.78, 5) is 2.75. The van der Waals surface area contributed by atoms with Gasteiger partial charge in [0.25, 0.3) is 0 Å². The maximum Gasteiger partial charge on any atom is 0.0449 e. The number of nitrogens with one attached hydrogen (secondary N) is 1. The van der Waals surface area contributed by atoms with E-state index in [4.69, 9.17) is 0 Å². The van der Waals surface area contributed by atoms with Crippen LogP contribution in [0.25, 0.3) is 0 Å². The van der Waals surface area contributed by atoms with Gasteiger partial charge in [-0.2, -0.15) is 0 Å². The molecule has 0 bridgehead atoms. The summed E-state index contributed by atoms with van der Waals surface area (Å²) in [5.74, 6) is 1.98. The molecular formula is C19H30N2. The minimum atomic E-state index is 0.489. The van der Waals surface area contributed by atoms with Gasteiger partial charge in [-0.1, -0.05) is 37.3 Å². The van der Waals surface area contributed by atoms with E-state index in [1.54, 1.807) is 0 Å². The van der Waals surface area contributed by atoms with Crippen LogP contribution in [0.1, 0.15) is 50.6 Å². The van der Waals surface area contributed by atoms with Crippen LogP contribution in [0.4, 0.5) is 0 Å². The molecule has 116 valence electrons. The third kappa shape index (κ3) is 5.12. The van der Waals surface area contributed by atoms with Gasteiger partial charge in [-0.3, -0.25) is 0 Å². The lowest BCUT2D eigenvalue weighted by Gasteiger charge is -2.28. The maximum absolute atomic E-state index is 3.76. The number of hydrogen-bond acceptors (Lipinski definition) is 2. The minimum Gasteiger partial charge on any atom is -0.309 e. The Labute approximate surface area is 129 Å². The Morgan fingerprint density at radius 2 is 1.67 bits per heavy atom. The molecule has 0 amide bonds. The first-order valence-electron chi connectivity index (χ1n) is 8.86. The van der Waals surface area contributed by atoms with Crippen molar-refractivity contribution >= 4 is 0 Å². The topological polar surface area (TPSA) is 15.3 Å². The average Bonchev–Trinajstić information content (AvgIpc) is 3.41. The highest BCUT2D eigenvalue weighted by Crippen LogP contribution is 2.34. The highest BCUT2D eigenvalue weighted by atomic mass is 15.2. The zero-order valence-electron chi connectivity index (χ0n) is 13.4. The minimum absolute atomic E-state index is 0.489. The summed E-state index contributed by atoms with van der Waals surface area (Å²) in [6, 6.07) is 11.5. The summed E-state index contributed by atoms with van der Waals surface area (Å²) in [6.07, 6.45) is 7.03. The molecule has 0 aromatic heterocycles. The third-order valence-electron chi connectivity index (χ3n) is 4.71. The lowest BCUT2D eigenvalue weighted by molar-refractivity contribution is 0.224. The Morgan fingerprint density at radius 3 is 2.19 bits per heavy atom. The first-order chi connectivity index (χ1) is 10.3. The lowest BCUT2D eigenvalue weighted by atomic mass is 10.1. The summed E-state index contributed by atoms with van der Waals surface area (Å²) in [6.45, 7) is 7.19. The number of benzene rings is 1. The summed E-state index contributed by atoms with van der Waals surface area (Å²) >= 11 is 0. The first-order valence-corrected chi connectivity index (χ1v) is 8.86.